The Kier molecular flexibility index (Phi) is 4.95. The van der Waals surface area contributed by atoms with Gasteiger partial charge in [-0.05, 0) is 36.3 Å². The van der Waals surface area contributed by atoms with Crippen LogP contribution < -0.4 is 0 Å². The fraction of sp³-hybridized carbons (Fsp3) is 0.333. The SMILES string of the molecule is Clc1cccc(-c2c(Cl)nc(C3CCCCS3)nc2Cl)c1. The Labute approximate surface area is 143 Å². The summed E-state index contributed by atoms with van der Waals surface area (Å²) < 4.78 is 0. The number of hydrogen-bond acceptors (Lipinski definition) is 3. The van der Waals surface area contributed by atoms with Crippen LogP contribution >= 0.6 is 46.6 Å². The Bertz CT molecular complexity index is 634. The van der Waals surface area contributed by atoms with E-state index >= 15 is 0 Å². The van der Waals surface area contributed by atoms with Gasteiger partial charge in [0.25, 0.3) is 0 Å². The van der Waals surface area contributed by atoms with Crippen molar-refractivity contribution in [3.8, 4) is 11.1 Å². The minimum Gasteiger partial charge on any atom is -0.219 e. The molecule has 2 heterocycles. The second-order valence-electron chi connectivity index (χ2n) is 4.90. The summed E-state index contributed by atoms with van der Waals surface area (Å²) in [5, 5.41) is 1.70. The molecule has 1 atom stereocenters. The van der Waals surface area contributed by atoms with Crippen molar-refractivity contribution >= 4 is 46.6 Å². The molecule has 3 rings (SSSR count). The molecule has 2 aromatic rings. The van der Waals surface area contributed by atoms with Crippen LogP contribution in [0.15, 0.2) is 24.3 Å². The van der Waals surface area contributed by atoms with Crippen LogP contribution in [0.3, 0.4) is 0 Å². The average molecular weight is 360 g/mol. The topological polar surface area (TPSA) is 25.8 Å². The van der Waals surface area contributed by atoms with Gasteiger partial charge in [-0.15, -0.1) is 0 Å². The summed E-state index contributed by atoms with van der Waals surface area (Å²) in [6.07, 6.45) is 3.53. The molecule has 0 N–H and O–H groups in total. The summed E-state index contributed by atoms with van der Waals surface area (Å²) in [4.78, 5) is 8.94. The monoisotopic (exact) mass is 358 g/mol. The molecule has 1 aliphatic heterocycles. The van der Waals surface area contributed by atoms with E-state index in [2.05, 4.69) is 9.97 Å². The third kappa shape index (κ3) is 3.48. The first-order chi connectivity index (χ1) is 10.1. The van der Waals surface area contributed by atoms with Gasteiger partial charge in [0.1, 0.15) is 16.1 Å². The molecule has 1 aromatic heterocycles. The minimum absolute atomic E-state index is 0.294. The van der Waals surface area contributed by atoms with Crippen molar-refractivity contribution in [3.63, 3.8) is 0 Å². The summed E-state index contributed by atoms with van der Waals surface area (Å²) in [6, 6.07) is 7.38. The summed E-state index contributed by atoms with van der Waals surface area (Å²) in [5.74, 6) is 1.87. The molecule has 1 aromatic carbocycles. The predicted octanol–water partition coefficient (Wildman–Crippen LogP) is 6.06. The van der Waals surface area contributed by atoms with Crippen molar-refractivity contribution in [2.45, 2.75) is 24.5 Å². The number of rotatable bonds is 2. The summed E-state index contributed by atoms with van der Waals surface area (Å²) in [6.45, 7) is 0. The van der Waals surface area contributed by atoms with Crippen molar-refractivity contribution in [1.82, 2.24) is 9.97 Å². The van der Waals surface area contributed by atoms with Crippen LogP contribution in [0.1, 0.15) is 30.3 Å². The predicted molar refractivity (Wildman–Crippen MR) is 91.5 cm³/mol. The Morgan fingerprint density at radius 1 is 1.05 bits per heavy atom. The highest BCUT2D eigenvalue weighted by molar-refractivity contribution is 7.99. The number of halogens is 3. The van der Waals surface area contributed by atoms with E-state index in [1.807, 2.05) is 30.0 Å². The molecule has 0 aliphatic carbocycles. The van der Waals surface area contributed by atoms with Crippen molar-refractivity contribution in [1.29, 1.82) is 0 Å². The second-order valence-corrected chi connectivity index (χ2v) is 7.37. The zero-order valence-corrected chi connectivity index (χ0v) is 14.2. The van der Waals surface area contributed by atoms with Crippen LogP contribution in [0, 0.1) is 0 Å². The molecule has 1 aliphatic rings. The fourth-order valence-corrected chi connectivity index (χ4v) is 4.45. The quantitative estimate of drug-likeness (QED) is 0.609. The first-order valence-electron chi connectivity index (χ1n) is 6.75. The van der Waals surface area contributed by atoms with Gasteiger partial charge in [0.2, 0.25) is 0 Å². The van der Waals surface area contributed by atoms with Gasteiger partial charge >= 0.3 is 0 Å². The summed E-state index contributed by atoms with van der Waals surface area (Å²) >= 11 is 20.6. The van der Waals surface area contributed by atoms with Crippen molar-refractivity contribution in [2.75, 3.05) is 5.75 Å². The van der Waals surface area contributed by atoms with E-state index in [-0.39, 0.29) is 0 Å². The van der Waals surface area contributed by atoms with E-state index in [4.69, 9.17) is 34.8 Å². The molecule has 0 bridgehead atoms. The van der Waals surface area contributed by atoms with E-state index in [0.29, 0.717) is 26.1 Å². The normalized spacial score (nSPS) is 18.7. The molecule has 2 nitrogen and oxygen atoms in total. The van der Waals surface area contributed by atoms with Crippen LogP contribution in [0.25, 0.3) is 11.1 Å². The standard InChI is InChI=1S/C15H13Cl3N2S/c16-10-5-3-4-9(8-10)12-13(17)19-15(20-14(12)18)11-6-1-2-7-21-11/h3-5,8,11H,1-2,6-7H2. The van der Waals surface area contributed by atoms with Gasteiger partial charge in [-0.1, -0.05) is 53.4 Å². The van der Waals surface area contributed by atoms with Crippen molar-refractivity contribution in [2.24, 2.45) is 0 Å². The van der Waals surface area contributed by atoms with Gasteiger partial charge < -0.3 is 0 Å². The molecule has 21 heavy (non-hydrogen) atoms. The van der Waals surface area contributed by atoms with Crippen LogP contribution in [0.5, 0.6) is 0 Å². The second kappa shape index (κ2) is 6.74. The lowest BCUT2D eigenvalue weighted by Crippen LogP contribution is -2.07. The van der Waals surface area contributed by atoms with E-state index in [1.165, 1.54) is 12.8 Å². The Balaban J connectivity index is 2.00. The molecule has 0 radical (unpaired) electrons. The van der Waals surface area contributed by atoms with Crippen molar-refractivity contribution in [3.05, 3.63) is 45.4 Å². The largest absolute Gasteiger partial charge is 0.219 e. The molecule has 6 heteroatoms. The molecule has 0 saturated carbocycles. The molecule has 1 fully saturated rings. The van der Waals surface area contributed by atoms with Gasteiger partial charge in [-0.25, -0.2) is 9.97 Å². The lowest BCUT2D eigenvalue weighted by molar-refractivity contribution is 0.662. The van der Waals surface area contributed by atoms with E-state index in [0.717, 1.165) is 23.6 Å². The molecule has 110 valence electrons. The number of hydrogen-bond donors (Lipinski definition) is 0. The third-order valence-corrected chi connectivity index (χ3v) is 5.57. The molecule has 1 saturated heterocycles. The Morgan fingerprint density at radius 3 is 2.43 bits per heavy atom. The first-order valence-corrected chi connectivity index (χ1v) is 8.94. The first kappa shape index (κ1) is 15.4. The van der Waals surface area contributed by atoms with Gasteiger partial charge in [0, 0.05) is 5.02 Å². The van der Waals surface area contributed by atoms with Gasteiger partial charge in [-0.3, -0.25) is 0 Å². The van der Waals surface area contributed by atoms with Crippen LogP contribution in [-0.2, 0) is 0 Å². The Hall–Kier alpha value is -0.480. The molecule has 0 amide bonds. The Morgan fingerprint density at radius 2 is 1.81 bits per heavy atom. The highest BCUT2D eigenvalue weighted by Gasteiger charge is 2.22. The summed E-state index contributed by atoms with van der Waals surface area (Å²) in [7, 11) is 0. The maximum Gasteiger partial charge on any atom is 0.144 e. The lowest BCUT2D eigenvalue weighted by Gasteiger charge is -2.20. The zero-order chi connectivity index (χ0) is 14.8. The highest BCUT2D eigenvalue weighted by Crippen LogP contribution is 2.40. The van der Waals surface area contributed by atoms with Crippen molar-refractivity contribution < 1.29 is 0 Å². The van der Waals surface area contributed by atoms with Gasteiger partial charge in [0.05, 0.1) is 10.8 Å². The maximum atomic E-state index is 6.35. The van der Waals surface area contributed by atoms with E-state index in [1.54, 1.807) is 6.07 Å². The molecular weight excluding hydrogens is 347 g/mol. The third-order valence-electron chi connectivity index (χ3n) is 3.42. The molecule has 1 unspecified atom stereocenters. The van der Waals surface area contributed by atoms with Crippen LogP contribution in [0.2, 0.25) is 15.3 Å². The van der Waals surface area contributed by atoms with Crippen LogP contribution in [0.4, 0.5) is 0 Å². The smallest absolute Gasteiger partial charge is 0.144 e. The molecule has 0 spiro atoms. The van der Waals surface area contributed by atoms with E-state index in [9.17, 15) is 0 Å². The lowest BCUT2D eigenvalue weighted by atomic mass is 10.1. The van der Waals surface area contributed by atoms with E-state index < -0.39 is 0 Å². The molecular formula is C15H13Cl3N2S. The van der Waals surface area contributed by atoms with Gasteiger partial charge in [-0.2, -0.15) is 11.8 Å². The minimum atomic E-state index is 0.294. The number of thioether (sulfide) groups is 1. The number of benzene rings is 1. The average Bonchev–Trinajstić information content (AvgIpc) is 2.47. The zero-order valence-electron chi connectivity index (χ0n) is 11.2. The number of aromatic nitrogens is 2. The highest BCUT2D eigenvalue weighted by atomic mass is 35.5. The van der Waals surface area contributed by atoms with Crippen LogP contribution in [-0.4, -0.2) is 15.7 Å². The summed E-state index contributed by atoms with van der Waals surface area (Å²) in [5.41, 5.74) is 1.48. The fourth-order valence-electron chi connectivity index (χ4n) is 2.39. The van der Waals surface area contributed by atoms with Gasteiger partial charge in [0.15, 0.2) is 0 Å². The maximum absolute atomic E-state index is 6.35. The number of nitrogens with zero attached hydrogens (tertiary/aromatic N) is 2.